The number of aryl methyl sites for hydroxylation is 1. The van der Waals surface area contributed by atoms with E-state index in [0.717, 1.165) is 29.5 Å². The van der Waals surface area contributed by atoms with Crippen LogP contribution in [0.4, 0.5) is 0 Å². The molecule has 5 nitrogen and oxygen atoms in total. The zero-order valence-corrected chi connectivity index (χ0v) is 17.5. The van der Waals surface area contributed by atoms with Gasteiger partial charge in [-0.1, -0.05) is 49.2 Å². The van der Waals surface area contributed by atoms with E-state index in [-0.39, 0.29) is 11.7 Å². The molecule has 0 spiro atoms. The van der Waals surface area contributed by atoms with Gasteiger partial charge in [0.25, 0.3) is 0 Å². The molecule has 27 heavy (non-hydrogen) atoms. The number of benzene rings is 1. The van der Waals surface area contributed by atoms with Gasteiger partial charge in [0.15, 0.2) is 5.16 Å². The van der Waals surface area contributed by atoms with Crippen molar-refractivity contribution >= 4 is 17.7 Å². The van der Waals surface area contributed by atoms with Crippen LogP contribution in [-0.4, -0.2) is 32.1 Å². The maximum Gasteiger partial charge on any atom is 0.316 e. The number of hydrogen-bond donors (Lipinski definition) is 0. The van der Waals surface area contributed by atoms with Crippen LogP contribution in [0.15, 0.2) is 29.4 Å². The zero-order valence-electron chi connectivity index (χ0n) is 16.7. The lowest BCUT2D eigenvalue weighted by atomic mass is 9.88. The molecule has 1 aliphatic rings. The highest BCUT2D eigenvalue weighted by atomic mass is 32.2. The van der Waals surface area contributed by atoms with Crippen molar-refractivity contribution in [2.75, 3.05) is 5.75 Å². The summed E-state index contributed by atoms with van der Waals surface area (Å²) in [4.78, 5) is 12.2. The highest BCUT2D eigenvalue weighted by Gasteiger charge is 2.26. The Balaban J connectivity index is 1.88. The Hall–Kier alpha value is -1.82. The number of rotatable bonds is 5. The van der Waals surface area contributed by atoms with Gasteiger partial charge in [-0.2, -0.15) is 0 Å². The predicted octanol–water partition coefficient (Wildman–Crippen LogP) is 5.06. The molecule has 1 aromatic heterocycles. The fraction of sp³-hybridized carbons (Fsp3) is 0.571. The van der Waals surface area contributed by atoms with Crippen LogP contribution in [0.1, 0.15) is 70.2 Å². The van der Waals surface area contributed by atoms with Crippen LogP contribution in [0.25, 0.3) is 5.69 Å². The van der Waals surface area contributed by atoms with Gasteiger partial charge in [0.2, 0.25) is 0 Å². The third-order valence-electron chi connectivity index (χ3n) is 4.72. The molecule has 1 aromatic carbocycles. The van der Waals surface area contributed by atoms with Crippen molar-refractivity contribution in [3.8, 4) is 5.69 Å². The van der Waals surface area contributed by atoms with E-state index in [1.807, 2.05) is 32.9 Å². The van der Waals surface area contributed by atoms with Crippen LogP contribution in [0.5, 0.6) is 0 Å². The van der Waals surface area contributed by atoms with E-state index in [0.29, 0.717) is 5.92 Å². The third kappa shape index (κ3) is 5.12. The lowest BCUT2D eigenvalue weighted by Gasteiger charge is -2.22. The van der Waals surface area contributed by atoms with Crippen LogP contribution in [0.2, 0.25) is 0 Å². The second kappa shape index (κ2) is 8.46. The predicted molar refractivity (Wildman–Crippen MR) is 108 cm³/mol. The summed E-state index contributed by atoms with van der Waals surface area (Å²) in [5, 5.41) is 9.76. The van der Waals surface area contributed by atoms with Crippen molar-refractivity contribution in [3.05, 3.63) is 35.7 Å². The summed E-state index contributed by atoms with van der Waals surface area (Å²) in [6, 6.07) is 8.27. The van der Waals surface area contributed by atoms with Gasteiger partial charge in [-0.3, -0.25) is 9.36 Å². The Bertz CT molecular complexity index is 789. The monoisotopic (exact) mass is 387 g/mol. The molecule has 0 N–H and O–H groups in total. The number of nitrogens with zero attached hydrogens (tertiary/aromatic N) is 3. The van der Waals surface area contributed by atoms with Crippen LogP contribution in [0.3, 0.4) is 0 Å². The molecule has 0 amide bonds. The number of thioether (sulfide) groups is 1. The van der Waals surface area contributed by atoms with E-state index in [9.17, 15) is 4.79 Å². The summed E-state index contributed by atoms with van der Waals surface area (Å²) in [5.41, 5.74) is 1.79. The third-order valence-corrected chi connectivity index (χ3v) is 5.63. The minimum atomic E-state index is -0.478. The highest BCUT2D eigenvalue weighted by Crippen LogP contribution is 2.35. The molecule has 6 heteroatoms. The number of esters is 1. The number of aromatic nitrogens is 3. The molecule has 1 aliphatic carbocycles. The average molecular weight is 388 g/mol. The van der Waals surface area contributed by atoms with Crippen molar-refractivity contribution < 1.29 is 9.53 Å². The van der Waals surface area contributed by atoms with Crippen LogP contribution in [-0.2, 0) is 9.53 Å². The van der Waals surface area contributed by atoms with Crippen molar-refractivity contribution in [3.63, 3.8) is 0 Å². The Labute approximate surface area is 165 Å². The van der Waals surface area contributed by atoms with Gasteiger partial charge in [-0.15, -0.1) is 10.2 Å². The van der Waals surface area contributed by atoms with Crippen molar-refractivity contribution in [1.29, 1.82) is 0 Å². The molecule has 0 atom stereocenters. The Morgan fingerprint density at radius 3 is 2.56 bits per heavy atom. The quantitative estimate of drug-likeness (QED) is 0.530. The summed E-state index contributed by atoms with van der Waals surface area (Å²) < 4.78 is 7.59. The molecular weight excluding hydrogens is 358 g/mol. The lowest BCUT2D eigenvalue weighted by Crippen LogP contribution is -2.25. The standard InChI is InChI=1S/C21H29N3O2S/c1-15-10-8-9-13-17(15)24-19(16-11-6-5-7-12-16)22-23-20(24)27-14-18(25)26-21(2,3)4/h8-10,13,16H,5-7,11-12,14H2,1-4H3. The van der Waals surface area contributed by atoms with Gasteiger partial charge in [-0.25, -0.2) is 0 Å². The summed E-state index contributed by atoms with van der Waals surface area (Å²) in [7, 11) is 0. The summed E-state index contributed by atoms with van der Waals surface area (Å²) >= 11 is 1.40. The fourth-order valence-electron chi connectivity index (χ4n) is 3.54. The number of para-hydroxylation sites is 1. The molecular formula is C21H29N3O2S. The van der Waals surface area contributed by atoms with E-state index >= 15 is 0 Å². The van der Waals surface area contributed by atoms with Gasteiger partial charge in [0.05, 0.1) is 11.4 Å². The largest absolute Gasteiger partial charge is 0.459 e. The van der Waals surface area contributed by atoms with E-state index < -0.39 is 5.60 Å². The minimum absolute atomic E-state index is 0.228. The molecule has 1 fully saturated rings. The van der Waals surface area contributed by atoms with Gasteiger partial charge >= 0.3 is 5.97 Å². The number of ether oxygens (including phenoxy) is 1. The Morgan fingerprint density at radius 2 is 1.89 bits per heavy atom. The van der Waals surface area contributed by atoms with E-state index in [1.54, 1.807) is 0 Å². The molecule has 1 heterocycles. The topological polar surface area (TPSA) is 57.0 Å². The lowest BCUT2D eigenvalue weighted by molar-refractivity contribution is -0.151. The maximum absolute atomic E-state index is 12.2. The average Bonchev–Trinajstić information content (AvgIpc) is 3.03. The fourth-order valence-corrected chi connectivity index (χ4v) is 4.26. The van der Waals surface area contributed by atoms with Crippen molar-refractivity contribution in [2.24, 2.45) is 0 Å². The van der Waals surface area contributed by atoms with Crippen LogP contribution in [0, 0.1) is 6.92 Å². The molecule has 0 saturated heterocycles. The van der Waals surface area contributed by atoms with Gasteiger partial charge in [0, 0.05) is 5.92 Å². The highest BCUT2D eigenvalue weighted by molar-refractivity contribution is 7.99. The zero-order chi connectivity index (χ0) is 19.4. The molecule has 0 bridgehead atoms. The maximum atomic E-state index is 12.2. The molecule has 3 rings (SSSR count). The number of carbonyl (C=O) groups is 1. The first-order valence-electron chi connectivity index (χ1n) is 9.71. The SMILES string of the molecule is Cc1ccccc1-n1c(SCC(=O)OC(C)(C)C)nnc1C1CCCCC1. The van der Waals surface area contributed by atoms with Gasteiger partial charge in [0.1, 0.15) is 11.4 Å². The smallest absolute Gasteiger partial charge is 0.316 e. The van der Waals surface area contributed by atoms with Gasteiger partial charge < -0.3 is 4.74 Å². The normalized spacial score (nSPS) is 15.7. The van der Waals surface area contributed by atoms with Crippen LogP contribution >= 0.6 is 11.8 Å². The summed E-state index contributed by atoms with van der Waals surface area (Å²) in [6.07, 6.45) is 6.09. The van der Waals surface area contributed by atoms with E-state index in [4.69, 9.17) is 4.74 Å². The molecule has 2 aromatic rings. The molecule has 146 valence electrons. The first-order chi connectivity index (χ1) is 12.8. The van der Waals surface area contributed by atoms with Gasteiger partial charge in [-0.05, 0) is 52.2 Å². The van der Waals surface area contributed by atoms with E-state index in [1.165, 1.54) is 36.6 Å². The molecule has 0 unspecified atom stereocenters. The first-order valence-corrected chi connectivity index (χ1v) is 10.7. The van der Waals surface area contributed by atoms with Crippen molar-refractivity contribution in [1.82, 2.24) is 14.8 Å². The molecule has 1 saturated carbocycles. The Morgan fingerprint density at radius 1 is 1.19 bits per heavy atom. The van der Waals surface area contributed by atoms with Crippen LogP contribution < -0.4 is 0 Å². The number of carbonyl (C=O) groups excluding carboxylic acids is 1. The Kier molecular flexibility index (Phi) is 6.25. The second-order valence-corrected chi connectivity index (χ2v) is 9.12. The van der Waals surface area contributed by atoms with E-state index in [2.05, 4.69) is 33.8 Å². The summed E-state index contributed by atoms with van der Waals surface area (Å²) in [6.45, 7) is 7.74. The number of hydrogen-bond acceptors (Lipinski definition) is 5. The summed E-state index contributed by atoms with van der Waals surface area (Å²) in [5.74, 6) is 1.45. The molecule has 0 radical (unpaired) electrons. The molecule has 0 aliphatic heterocycles. The van der Waals surface area contributed by atoms with Crippen molar-refractivity contribution in [2.45, 2.75) is 76.5 Å². The second-order valence-electron chi connectivity index (χ2n) is 8.17. The minimum Gasteiger partial charge on any atom is -0.459 e. The first kappa shape index (κ1) is 19.9.